The molecule has 2 rings (SSSR count). The maximum atomic E-state index is 13.3. The molecule has 1 aromatic carbocycles. The summed E-state index contributed by atoms with van der Waals surface area (Å²) in [6.07, 6.45) is 6.54. The predicted octanol–water partition coefficient (Wildman–Crippen LogP) is 2.96. The lowest BCUT2D eigenvalue weighted by Crippen LogP contribution is -2.23. The summed E-state index contributed by atoms with van der Waals surface area (Å²) in [6, 6.07) is 6.99. The van der Waals surface area contributed by atoms with Gasteiger partial charge >= 0.3 is 0 Å². The molecule has 6 nitrogen and oxygen atoms in total. The summed E-state index contributed by atoms with van der Waals surface area (Å²) in [5, 5.41) is 2.51. The summed E-state index contributed by atoms with van der Waals surface area (Å²) in [6.45, 7) is 4.08. The van der Waals surface area contributed by atoms with Gasteiger partial charge in [-0.1, -0.05) is 24.6 Å². The highest BCUT2D eigenvalue weighted by Gasteiger charge is 2.24. The monoisotopic (exact) mass is 396 g/mol. The topological polar surface area (TPSA) is 80.4 Å². The van der Waals surface area contributed by atoms with Gasteiger partial charge < -0.3 is 19.8 Å². The Morgan fingerprint density at radius 3 is 2.52 bits per heavy atom. The van der Waals surface area contributed by atoms with Crippen molar-refractivity contribution in [1.82, 2.24) is 10.3 Å². The van der Waals surface area contributed by atoms with E-state index < -0.39 is 17.5 Å². The number of nitrogens with one attached hydrogen (secondary N) is 2. The van der Waals surface area contributed by atoms with Crippen LogP contribution in [0, 0.1) is 18.2 Å². The van der Waals surface area contributed by atoms with E-state index in [9.17, 15) is 14.0 Å². The number of benzene rings is 1. The van der Waals surface area contributed by atoms with Crippen LogP contribution < -0.4 is 5.32 Å². The second kappa shape index (κ2) is 10.1. The van der Waals surface area contributed by atoms with Crippen molar-refractivity contribution in [3.63, 3.8) is 0 Å². The van der Waals surface area contributed by atoms with E-state index in [4.69, 9.17) is 15.9 Å². The van der Waals surface area contributed by atoms with Crippen LogP contribution >= 0.6 is 0 Å². The Balaban J connectivity index is 2.44. The van der Waals surface area contributed by atoms with E-state index in [1.54, 1.807) is 0 Å². The van der Waals surface area contributed by atoms with Crippen molar-refractivity contribution in [3.05, 3.63) is 77.1 Å². The number of carbonyl (C=O) groups is 2. The van der Waals surface area contributed by atoms with Gasteiger partial charge in [0.05, 0.1) is 19.2 Å². The van der Waals surface area contributed by atoms with E-state index in [-0.39, 0.29) is 35.7 Å². The first-order chi connectivity index (χ1) is 13.9. The molecule has 29 heavy (non-hydrogen) atoms. The molecule has 0 radical (unpaired) electrons. The van der Waals surface area contributed by atoms with Crippen LogP contribution in [-0.4, -0.2) is 44.0 Å². The number of halogens is 1. The summed E-state index contributed by atoms with van der Waals surface area (Å²) in [5.74, 6) is 1.28. The number of hydrogen-bond acceptors (Lipinski definition) is 4. The Morgan fingerprint density at radius 2 is 1.93 bits per heavy atom. The van der Waals surface area contributed by atoms with Gasteiger partial charge in [-0.3, -0.25) is 9.59 Å². The lowest BCUT2D eigenvalue weighted by molar-refractivity contribution is 0.0954. The third-order valence-electron chi connectivity index (χ3n) is 4.06. The Bertz CT molecular complexity index is 981. The first-order valence-corrected chi connectivity index (χ1v) is 8.59. The van der Waals surface area contributed by atoms with Gasteiger partial charge in [-0.05, 0) is 29.3 Å². The molecule has 0 bridgehead atoms. The number of ketones is 1. The van der Waals surface area contributed by atoms with Gasteiger partial charge in [0.25, 0.3) is 5.91 Å². The number of aromatic nitrogens is 1. The maximum absolute atomic E-state index is 13.3. The predicted molar refractivity (Wildman–Crippen MR) is 108 cm³/mol. The standard InChI is InChI=1S/C22H21FN2O4/c1-5-10-24-22(27)18-11-16(12-25-18)21(26)20(19(29-4)13-28-3)14(2)15-6-8-17(23)9-7-15/h1,6-9,11-12,25H,2,10,13H2,3-4H3,(H,24,27)/b20-19+. The number of methoxy groups -OCH3 is 2. The Morgan fingerprint density at radius 1 is 1.24 bits per heavy atom. The molecular formula is C22H21FN2O4. The molecule has 1 aromatic heterocycles. The fourth-order valence-corrected chi connectivity index (χ4v) is 2.62. The van der Waals surface area contributed by atoms with Crippen LogP contribution in [0.3, 0.4) is 0 Å². The van der Waals surface area contributed by atoms with E-state index in [0.29, 0.717) is 11.1 Å². The minimum Gasteiger partial charge on any atom is -0.498 e. The van der Waals surface area contributed by atoms with Crippen molar-refractivity contribution in [3.8, 4) is 12.3 Å². The highest BCUT2D eigenvalue weighted by atomic mass is 19.1. The van der Waals surface area contributed by atoms with Crippen molar-refractivity contribution in [2.24, 2.45) is 0 Å². The molecule has 0 aliphatic rings. The van der Waals surface area contributed by atoms with Crippen LogP contribution in [0.4, 0.5) is 4.39 Å². The third-order valence-corrected chi connectivity index (χ3v) is 4.06. The molecule has 0 atom stereocenters. The van der Waals surface area contributed by atoms with Crippen molar-refractivity contribution < 1.29 is 23.5 Å². The molecule has 0 aliphatic heterocycles. The highest BCUT2D eigenvalue weighted by Crippen LogP contribution is 2.28. The molecule has 0 saturated carbocycles. The maximum Gasteiger partial charge on any atom is 0.268 e. The molecule has 1 amide bonds. The number of aromatic amines is 1. The van der Waals surface area contributed by atoms with Gasteiger partial charge in [-0.2, -0.15) is 0 Å². The van der Waals surface area contributed by atoms with E-state index in [1.165, 1.54) is 50.7 Å². The Kier molecular flexibility index (Phi) is 7.52. The number of terminal acetylenes is 1. The SMILES string of the molecule is C#CCNC(=O)c1cc(C(=O)/C(C(=C)c2ccc(F)cc2)=C(\COC)OC)c[nH]1. The molecule has 0 aliphatic carbocycles. The summed E-state index contributed by atoms with van der Waals surface area (Å²) >= 11 is 0. The van der Waals surface area contributed by atoms with Crippen LogP contribution in [0.15, 0.2) is 54.4 Å². The molecule has 2 aromatic rings. The van der Waals surface area contributed by atoms with Gasteiger partial charge in [-0.15, -0.1) is 6.42 Å². The van der Waals surface area contributed by atoms with Crippen LogP contribution in [0.2, 0.25) is 0 Å². The third kappa shape index (κ3) is 5.21. The minimum atomic E-state index is -0.436. The number of carbonyl (C=O) groups excluding carboxylic acids is 2. The van der Waals surface area contributed by atoms with Crippen LogP contribution in [-0.2, 0) is 9.47 Å². The van der Waals surface area contributed by atoms with Gasteiger partial charge in [-0.25, -0.2) is 4.39 Å². The normalized spacial score (nSPS) is 11.2. The molecule has 0 unspecified atom stereocenters. The molecule has 150 valence electrons. The Labute approximate surface area is 168 Å². The number of allylic oxidation sites excluding steroid dienone is 2. The van der Waals surface area contributed by atoms with E-state index in [0.717, 1.165) is 0 Å². The number of amides is 1. The lowest BCUT2D eigenvalue weighted by Gasteiger charge is -2.15. The highest BCUT2D eigenvalue weighted by molar-refractivity contribution is 6.19. The number of H-pyrrole nitrogens is 1. The number of ether oxygens (including phenoxy) is 2. The van der Waals surface area contributed by atoms with Crippen molar-refractivity contribution in [1.29, 1.82) is 0 Å². The molecule has 0 spiro atoms. The largest absolute Gasteiger partial charge is 0.498 e. The second-order valence-corrected chi connectivity index (χ2v) is 5.94. The zero-order valence-corrected chi connectivity index (χ0v) is 16.2. The molecular weight excluding hydrogens is 375 g/mol. The van der Waals surface area contributed by atoms with Gasteiger partial charge in [0, 0.05) is 18.9 Å². The van der Waals surface area contributed by atoms with E-state index in [2.05, 4.69) is 22.8 Å². The van der Waals surface area contributed by atoms with Crippen LogP contribution in [0.25, 0.3) is 5.57 Å². The van der Waals surface area contributed by atoms with Gasteiger partial charge in [0.2, 0.25) is 0 Å². The molecule has 2 N–H and O–H groups in total. The van der Waals surface area contributed by atoms with Crippen molar-refractivity contribution >= 4 is 17.3 Å². The summed E-state index contributed by atoms with van der Waals surface area (Å²) in [4.78, 5) is 28.0. The first kappa shape index (κ1) is 21.7. The molecule has 7 heteroatoms. The zero-order valence-electron chi connectivity index (χ0n) is 16.2. The van der Waals surface area contributed by atoms with E-state index >= 15 is 0 Å². The van der Waals surface area contributed by atoms with Gasteiger partial charge in [0.1, 0.15) is 23.9 Å². The summed E-state index contributed by atoms with van der Waals surface area (Å²) < 4.78 is 23.8. The first-order valence-electron chi connectivity index (χ1n) is 8.59. The van der Waals surface area contributed by atoms with Crippen LogP contribution in [0.1, 0.15) is 26.4 Å². The van der Waals surface area contributed by atoms with Crippen LogP contribution in [0.5, 0.6) is 0 Å². The molecule has 1 heterocycles. The average Bonchev–Trinajstić information content (AvgIpc) is 3.22. The quantitative estimate of drug-likeness (QED) is 0.225. The molecule has 0 saturated heterocycles. The number of rotatable bonds is 9. The molecule has 0 fully saturated rings. The van der Waals surface area contributed by atoms with Crippen molar-refractivity contribution in [2.75, 3.05) is 27.4 Å². The zero-order chi connectivity index (χ0) is 21.4. The van der Waals surface area contributed by atoms with Crippen molar-refractivity contribution in [2.45, 2.75) is 0 Å². The minimum absolute atomic E-state index is 0.0255. The second-order valence-electron chi connectivity index (χ2n) is 5.94. The Hall–Kier alpha value is -3.63. The summed E-state index contributed by atoms with van der Waals surface area (Å²) in [5.41, 5.74) is 1.45. The van der Waals surface area contributed by atoms with Gasteiger partial charge in [0.15, 0.2) is 5.78 Å². The lowest BCUT2D eigenvalue weighted by atomic mass is 9.92. The number of Topliss-reactive ketones (excluding diaryl/α,β-unsaturated/α-hetero) is 1. The smallest absolute Gasteiger partial charge is 0.268 e. The summed E-state index contributed by atoms with van der Waals surface area (Å²) in [7, 11) is 2.88. The van der Waals surface area contributed by atoms with E-state index in [1.807, 2.05) is 0 Å². The average molecular weight is 396 g/mol. The fourth-order valence-electron chi connectivity index (χ4n) is 2.62. The fraction of sp³-hybridized carbons (Fsp3) is 0.182. The number of hydrogen-bond donors (Lipinski definition) is 2.